The first kappa shape index (κ1) is 26.7. The van der Waals surface area contributed by atoms with E-state index in [1.54, 1.807) is 6.92 Å². The van der Waals surface area contributed by atoms with E-state index in [0.29, 0.717) is 30.0 Å². The molecule has 1 heterocycles. The number of anilines is 1. The molecule has 0 aliphatic heterocycles. The van der Waals surface area contributed by atoms with Gasteiger partial charge in [-0.05, 0) is 48.9 Å². The van der Waals surface area contributed by atoms with Gasteiger partial charge >= 0.3 is 35.7 Å². The van der Waals surface area contributed by atoms with Gasteiger partial charge < -0.3 is 19.2 Å². The molecule has 5 rings (SSSR count). The largest absolute Gasteiger partial charge is 1.00 e. The molecule has 1 N–H and O–H groups in total. The fraction of sp³-hybridized carbons (Fsp3) is 0.207. The van der Waals surface area contributed by atoms with Crippen LogP contribution in [0, 0.1) is 6.92 Å². The number of aliphatic carboxylic acids is 1. The van der Waals surface area contributed by atoms with Crippen molar-refractivity contribution in [1.29, 1.82) is 0 Å². The number of aryl methyl sites for hydroxylation is 1. The molecule has 0 unspecified atom stereocenters. The molecule has 1 aliphatic carbocycles. The molecule has 1 saturated carbocycles. The Balaban J connectivity index is 0.00000320. The molecule has 7 nitrogen and oxygen atoms in total. The number of nitrogens with one attached hydrogen (secondary N) is 1. The number of rotatable bonds is 7. The smallest absolute Gasteiger partial charge is 0.549 e. The van der Waals surface area contributed by atoms with Gasteiger partial charge in [0.25, 0.3) is 0 Å². The normalized spacial score (nSPS) is 14.2. The van der Waals surface area contributed by atoms with Crippen molar-refractivity contribution >= 4 is 17.7 Å². The molecule has 0 bridgehead atoms. The number of carboxylic acid groups (broad SMARTS) is 1. The van der Waals surface area contributed by atoms with Crippen LogP contribution in [0.4, 0.5) is 10.5 Å². The predicted octanol–water partition coefficient (Wildman–Crippen LogP) is 2.41. The summed E-state index contributed by atoms with van der Waals surface area (Å²) in [6, 6.07) is 24.7. The van der Waals surface area contributed by atoms with Gasteiger partial charge in [0.15, 0.2) is 5.76 Å². The van der Waals surface area contributed by atoms with Gasteiger partial charge in [-0.2, -0.15) is 0 Å². The van der Waals surface area contributed by atoms with E-state index in [0.717, 1.165) is 27.8 Å². The third kappa shape index (κ3) is 5.49. The SMILES string of the molecule is Cc1noc(-c2ccc(-c3ccc(C4(C(=O)[O-])CC4)cc3)cc2)c1NC(=O)O[C@H](C)c1ccccc1.[Na+]. The first-order valence-corrected chi connectivity index (χ1v) is 11.8. The van der Waals surface area contributed by atoms with Gasteiger partial charge in [0.05, 0.1) is 5.97 Å². The van der Waals surface area contributed by atoms with Gasteiger partial charge in [-0.1, -0.05) is 84.0 Å². The van der Waals surface area contributed by atoms with Crippen LogP contribution < -0.4 is 40.0 Å². The molecule has 1 atom stereocenters. The minimum atomic E-state index is -1.01. The molecule has 3 aromatic carbocycles. The Morgan fingerprint density at radius 2 is 1.51 bits per heavy atom. The molecule has 0 radical (unpaired) electrons. The summed E-state index contributed by atoms with van der Waals surface area (Å²) in [5.74, 6) is -0.576. The summed E-state index contributed by atoms with van der Waals surface area (Å²) in [6.07, 6.45) is 0.229. The molecule has 8 heteroatoms. The number of ether oxygens (including phenoxy) is 1. The number of carbonyl (C=O) groups excluding carboxylic acids is 2. The number of amides is 1. The Morgan fingerprint density at radius 3 is 2.08 bits per heavy atom. The van der Waals surface area contributed by atoms with Crippen LogP contribution in [0.2, 0.25) is 0 Å². The number of benzene rings is 3. The molecule has 1 amide bonds. The molecule has 4 aromatic rings. The number of aromatic nitrogens is 1. The topological polar surface area (TPSA) is 104 Å². The average Bonchev–Trinajstić information content (AvgIpc) is 3.64. The standard InChI is InChI=1S/C29H26N2O5.Na/c1-18-25(30-28(34)35-19(2)20-6-4-3-5-7-20)26(36-31-18)23-10-8-21(9-11-23)22-12-14-24(15-13-22)29(16-17-29)27(32)33;/h3-15,19H,16-17H2,1-2H3,(H,30,34)(H,32,33);/q;+1/p-1/t19-;/m1./s1. The quantitative estimate of drug-likeness (QED) is 0.388. The van der Waals surface area contributed by atoms with Gasteiger partial charge in [-0.25, -0.2) is 4.79 Å². The predicted molar refractivity (Wildman–Crippen MR) is 133 cm³/mol. The second-order valence-corrected chi connectivity index (χ2v) is 9.08. The van der Waals surface area contributed by atoms with Crippen LogP contribution in [0.15, 0.2) is 83.4 Å². The van der Waals surface area contributed by atoms with Crippen molar-refractivity contribution in [3.8, 4) is 22.5 Å². The molecular formula is C29H25N2NaO5. The maximum Gasteiger partial charge on any atom is 1.00 e. The summed E-state index contributed by atoms with van der Waals surface area (Å²) in [7, 11) is 0. The van der Waals surface area contributed by atoms with Gasteiger partial charge in [-0.3, -0.25) is 5.32 Å². The van der Waals surface area contributed by atoms with E-state index in [4.69, 9.17) is 9.26 Å². The number of hydrogen-bond acceptors (Lipinski definition) is 6. The van der Waals surface area contributed by atoms with Crippen LogP contribution in [0.3, 0.4) is 0 Å². The molecule has 1 aromatic heterocycles. The zero-order valence-corrected chi connectivity index (χ0v) is 23.0. The Labute approximate surface area is 237 Å². The Morgan fingerprint density at radius 1 is 0.946 bits per heavy atom. The number of carboxylic acids is 1. The van der Waals surface area contributed by atoms with Crippen molar-refractivity contribution in [2.45, 2.75) is 38.2 Å². The van der Waals surface area contributed by atoms with E-state index in [1.807, 2.05) is 85.8 Å². The van der Waals surface area contributed by atoms with Crippen molar-refractivity contribution in [3.05, 3.63) is 95.7 Å². The monoisotopic (exact) mass is 504 g/mol. The van der Waals surface area contributed by atoms with Crippen molar-refractivity contribution in [1.82, 2.24) is 5.16 Å². The van der Waals surface area contributed by atoms with Gasteiger partial charge in [0, 0.05) is 11.0 Å². The van der Waals surface area contributed by atoms with Crippen LogP contribution in [0.1, 0.15) is 42.7 Å². The fourth-order valence-corrected chi connectivity index (χ4v) is 4.33. The van der Waals surface area contributed by atoms with E-state index in [2.05, 4.69) is 10.5 Å². The van der Waals surface area contributed by atoms with Crippen LogP contribution in [-0.4, -0.2) is 17.2 Å². The van der Waals surface area contributed by atoms with Crippen LogP contribution in [0.5, 0.6) is 0 Å². The van der Waals surface area contributed by atoms with E-state index in [-0.39, 0.29) is 29.6 Å². The van der Waals surface area contributed by atoms with Crippen LogP contribution >= 0.6 is 0 Å². The summed E-state index contributed by atoms with van der Waals surface area (Å²) in [6.45, 7) is 3.56. The molecule has 1 aliphatic rings. The molecule has 1 fully saturated rings. The van der Waals surface area contributed by atoms with Crippen LogP contribution in [-0.2, 0) is 14.9 Å². The van der Waals surface area contributed by atoms with Crippen LogP contribution in [0.25, 0.3) is 22.5 Å². The molecule has 0 spiro atoms. The number of hydrogen-bond donors (Lipinski definition) is 1. The summed E-state index contributed by atoms with van der Waals surface area (Å²) in [5, 5.41) is 18.3. The molecule has 0 saturated heterocycles. The van der Waals surface area contributed by atoms with Gasteiger partial charge in [-0.15, -0.1) is 0 Å². The summed E-state index contributed by atoms with van der Waals surface area (Å²) in [4.78, 5) is 24.0. The van der Waals surface area contributed by atoms with E-state index in [9.17, 15) is 14.7 Å². The second-order valence-electron chi connectivity index (χ2n) is 9.08. The minimum Gasteiger partial charge on any atom is -0.549 e. The molecule has 182 valence electrons. The summed E-state index contributed by atoms with van der Waals surface area (Å²) in [5.41, 5.74) is 4.52. The number of nitrogens with zero attached hydrogens (tertiary/aromatic N) is 1. The summed E-state index contributed by atoms with van der Waals surface area (Å²) < 4.78 is 11.0. The fourth-order valence-electron chi connectivity index (χ4n) is 4.33. The summed E-state index contributed by atoms with van der Waals surface area (Å²) >= 11 is 0. The van der Waals surface area contributed by atoms with Gasteiger partial charge in [0.2, 0.25) is 0 Å². The third-order valence-corrected chi connectivity index (χ3v) is 6.70. The van der Waals surface area contributed by atoms with Gasteiger partial charge in [0.1, 0.15) is 17.5 Å². The van der Waals surface area contributed by atoms with E-state index >= 15 is 0 Å². The van der Waals surface area contributed by atoms with Crippen molar-refractivity contribution in [2.24, 2.45) is 0 Å². The Hall–Kier alpha value is -3.39. The maximum absolute atomic E-state index is 12.6. The zero-order chi connectivity index (χ0) is 25.3. The maximum atomic E-state index is 12.6. The van der Waals surface area contributed by atoms with E-state index < -0.39 is 23.6 Å². The zero-order valence-electron chi connectivity index (χ0n) is 21.0. The first-order valence-electron chi connectivity index (χ1n) is 11.8. The van der Waals surface area contributed by atoms with Crippen molar-refractivity contribution in [3.63, 3.8) is 0 Å². The van der Waals surface area contributed by atoms with Crippen molar-refractivity contribution < 1.29 is 53.5 Å². The average molecular weight is 505 g/mol. The Bertz CT molecular complexity index is 1390. The molecule has 37 heavy (non-hydrogen) atoms. The first-order chi connectivity index (χ1) is 17.4. The second kappa shape index (κ2) is 10.9. The number of carbonyl (C=O) groups is 2. The molecular weight excluding hydrogens is 479 g/mol. The third-order valence-electron chi connectivity index (χ3n) is 6.70. The van der Waals surface area contributed by atoms with E-state index in [1.165, 1.54) is 0 Å². The minimum absolute atomic E-state index is 0. The Kier molecular flexibility index (Phi) is 7.87. The van der Waals surface area contributed by atoms with Crippen molar-refractivity contribution in [2.75, 3.05) is 5.32 Å².